The Morgan fingerprint density at radius 1 is 1.36 bits per heavy atom. The number of aryl methyl sites for hydroxylation is 1. The normalized spacial score (nSPS) is 24.1. The van der Waals surface area contributed by atoms with E-state index in [2.05, 4.69) is 36.5 Å². The van der Waals surface area contributed by atoms with Crippen molar-refractivity contribution in [2.24, 2.45) is 5.92 Å². The molecule has 1 aromatic rings. The zero-order valence-corrected chi connectivity index (χ0v) is 8.51. The van der Waals surface area contributed by atoms with Gasteiger partial charge in [-0.2, -0.15) is 0 Å². The van der Waals surface area contributed by atoms with Crippen LogP contribution in [-0.4, -0.2) is 13.1 Å². The van der Waals surface area contributed by atoms with Crippen molar-refractivity contribution in [3.63, 3.8) is 0 Å². The first-order chi connectivity index (χ1) is 6.83. The largest absolute Gasteiger partial charge is 0.312 e. The SMILES string of the molecule is Cc1ccc2c(c1)C=C1CNCC1C2. The molecular weight excluding hydrogens is 170 g/mol. The highest BCUT2D eigenvalue weighted by atomic mass is 14.9. The minimum Gasteiger partial charge on any atom is -0.312 e. The molecular formula is C13H15N. The highest BCUT2D eigenvalue weighted by Crippen LogP contribution is 2.30. The summed E-state index contributed by atoms with van der Waals surface area (Å²) in [4.78, 5) is 0. The fourth-order valence-corrected chi connectivity index (χ4v) is 2.54. The molecule has 1 fully saturated rings. The Hall–Kier alpha value is -1.08. The minimum atomic E-state index is 0.769. The summed E-state index contributed by atoms with van der Waals surface area (Å²) in [7, 11) is 0. The van der Waals surface area contributed by atoms with Crippen molar-refractivity contribution in [2.45, 2.75) is 13.3 Å². The van der Waals surface area contributed by atoms with Gasteiger partial charge in [0, 0.05) is 13.1 Å². The van der Waals surface area contributed by atoms with E-state index in [1.165, 1.54) is 29.7 Å². The summed E-state index contributed by atoms with van der Waals surface area (Å²) < 4.78 is 0. The molecule has 2 aliphatic rings. The average Bonchev–Trinajstić information content (AvgIpc) is 2.61. The third-order valence-electron chi connectivity index (χ3n) is 3.35. The van der Waals surface area contributed by atoms with Gasteiger partial charge in [0.05, 0.1) is 0 Å². The fourth-order valence-electron chi connectivity index (χ4n) is 2.54. The quantitative estimate of drug-likeness (QED) is 0.653. The number of hydrogen-bond donors (Lipinski definition) is 1. The van der Waals surface area contributed by atoms with E-state index in [-0.39, 0.29) is 0 Å². The van der Waals surface area contributed by atoms with Crippen LogP contribution in [0.25, 0.3) is 6.08 Å². The van der Waals surface area contributed by atoms with E-state index in [0.717, 1.165) is 12.5 Å². The van der Waals surface area contributed by atoms with Crippen LogP contribution in [0.1, 0.15) is 16.7 Å². The van der Waals surface area contributed by atoms with Crippen molar-refractivity contribution < 1.29 is 0 Å². The van der Waals surface area contributed by atoms with Gasteiger partial charge in [-0.25, -0.2) is 0 Å². The van der Waals surface area contributed by atoms with E-state index in [9.17, 15) is 0 Å². The summed E-state index contributed by atoms with van der Waals surface area (Å²) >= 11 is 0. The van der Waals surface area contributed by atoms with E-state index in [1.807, 2.05) is 0 Å². The second-order valence-electron chi connectivity index (χ2n) is 4.45. The Balaban J connectivity index is 2.09. The Kier molecular flexibility index (Phi) is 1.74. The lowest BCUT2D eigenvalue weighted by molar-refractivity contribution is 0.645. The maximum absolute atomic E-state index is 3.45. The van der Waals surface area contributed by atoms with Gasteiger partial charge in [0.2, 0.25) is 0 Å². The third-order valence-corrected chi connectivity index (χ3v) is 3.35. The van der Waals surface area contributed by atoms with Crippen LogP contribution in [0, 0.1) is 12.8 Å². The van der Waals surface area contributed by atoms with Crippen molar-refractivity contribution in [1.82, 2.24) is 5.32 Å². The van der Waals surface area contributed by atoms with E-state index < -0.39 is 0 Å². The van der Waals surface area contributed by atoms with E-state index in [1.54, 1.807) is 5.57 Å². The zero-order chi connectivity index (χ0) is 9.54. The highest BCUT2D eigenvalue weighted by molar-refractivity contribution is 5.62. The molecule has 1 atom stereocenters. The molecule has 1 aliphatic heterocycles. The zero-order valence-electron chi connectivity index (χ0n) is 8.51. The van der Waals surface area contributed by atoms with Crippen molar-refractivity contribution in [2.75, 3.05) is 13.1 Å². The van der Waals surface area contributed by atoms with Crippen LogP contribution < -0.4 is 5.32 Å². The predicted molar refractivity (Wildman–Crippen MR) is 59.2 cm³/mol. The second-order valence-corrected chi connectivity index (χ2v) is 4.45. The number of rotatable bonds is 0. The molecule has 0 saturated carbocycles. The molecule has 1 aliphatic carbocycles. The van der Waals surface area contributed by atoms with E-state index in [4.69, 9.17) is 0 Å². The van der Waals surface area contributed by atoms with Crippen molar-refractivity contribution in [3.05, 3.63) is 40.5 Å². The van der Waals surface area contributed by atoms with Crippen LogP contribution in [0.3, 0.4) is 0 Å². The maximum Gasteiger partial charge on any atom is 0.0171 e. The van der Waals surface area contributed by atoms with E-state index in [0.29, 0.717) is 0 Å². The first kappa shape index (κ1) is 8.25. The molecule has 1 aromatic carbocycles. The van der Waals surface area contributed by atoms with Crippen LogP contribution in [0.4, 0.5) is 0 Å². The number of hydrogen-bond acceptors (Lipinski definition) is 1. The second kappa shape index (κ2) is 2.96. The first-order valence-electron chi connectivity index (χ1n) is 5.33. The smallest absolute Gasteiger partial charge is 0.0171 e. The molecule has 0 spiro atoms. The van der Waals surface area contributed by atoms with Gasteiger partial charge in [-0.1, -0.05) is 35.4 Å². The molecule has 1 nitrogen and oxygen atoms in total. The third kappa shape index (κ3) is 1.20. The summed E-state index contributed by atoms with van der Waals surface area (Å²) in [6.45, 7) is 4.43. The lowest BCUT2D eigenvalue weighted by atomic mass is 9.85. The molecule has 0 aromatic heterocycles. The number of nitrogens with one attached hydrogen (secondary N) is 1. The van der Waals surface area contributed by atoms with Gasteiger partial charge in [-0.15, -0.1) is 0 Å². The lowest BCUT2D eigenvalue weighted by Crippen LogP contribution is -2.13. The van der Waals surface area contributed by atoms with Crippen LogP contribution in [-0.2, 0) is 6.42 Å². The molecule has 14 heavy (non-hydrogen) atoms. The summed E-state index contributed by atoms with van der Waals surface area (Å²) in [5, 5.41) is 3.45. The fraction of sp³-hybridized carbons (Fsp3) is 0.385. The number of benzene rings is 1. The van der Waals surface area contributed by atoms with Crippen LogP contribution in [0.2, 0.25) is 0 Å². The van der Waals surface area contributed by atoms with Crippen molar-refractivity contribution in [3.8, 4) is 0 Å². The molecule has 72 valence electrons. The molecule has 1 N–H and O–H groups in total. The minimum absolute atomic E-state index is 0.769. The van der Waals surface area contributed by atoms with Gasteiger partial charge in [-0.3, -0.25) is 0 Å². The van der Waals surface area contributed by atoms with Crippen LogP contribution in [0.15, 0.2) is 23.8 Å². The Labute approximate surface area is 84.8 Å². The van der Waals surface area contributed by atoms with Gasteiger partial charge in [-0.05, 0) is 30.4 Å². The summed E-state index contributed by atoms with van der Waals surface area (Å²) in [6, 6.07) is 6.81. The monoisotopic (exact) mass is 185 g/mol. The van der Waals surface area contributed by atoms with Gasteiger partial charge in [0.15, 0.2) is 0 Å². The average molecular weight is 185 g/mol. The van der Waals surface area contributed by atoms with Gasteiger partial charge in [0.1, 0.15) is 0 Å². The summed E-state index contributed by atoms with van der Waals surface area (Å²) in [6.07, 6.45) is 3.62. The standard InChI is InChI=1S/C13H15N/c1-9-2-3-10-5-12-7-14-8-13(12)6-11(10)4-9/h2-4,6,12,14H,5,7-8H2,1H3. The number of fused-ring (bicyclic) bond motifs is 2. The van der Waals surface area contributed by atoms with Crippen molar-refractivity contribution in [1.29, 1.82) is 0 Å². The van der Waals surface area contributed by atoms with Gasteiger partial charge >= 0.3 is 0 Å². The topological polar surface area (TPSA) is 12.0 Å². The Morgan fingerprint density at radius 2 is 2.29 bits per heavy atom. The van der Waals surface area contributed by atoms with Crippen LogP contribution >= 0.6 is 0 Å². The van der Waals surface area contributed by atoms with E-state index >= 15 is 0 Å². The van der Waals surface area contributed by atoms with Crippen LogP contribution in [0.5, 0.6) is 0 Å². The molecule has 3 rings (SSSR count). The maximum atomic E-state index is 3.45. The lowest BCUT2D eigenvalue weighted by Gasteiger charge is -2.19. The Morgan fingerprint density at radius 3 is 3.21 bits per heavy atom. The molecule has 1 heterocycles. The summed E-state index contributed by atoms with van der Waals surface area (Å²) in [5.74, 6) is 0.769. The molecule has 0 amide bonds. The highest BCUT2D eigenvalue weighted by Gasteiger charge is 2.24. The Bertz CT molecular complexity index is 404. The predicted octanol–water partition coefficient (Wildman–Crippen LogP) is 2.15. The molecule has 0 radical (unpaired) electrons. The summed E-state index contributed by atoms with van der Waals surface area (Å²) in [5.41, 5.74) is 5.93. The molecule has 0 bridgehead atoms. The van der Waals surface area contributed by atoms with Gasteiger partial charge < -0.3 is 5.32 Å². The van der Waals surface area contributed by atoms with Crippen molar-refractivity contribution >= 4 is 6.08 Å². The molecule has 1 saturated heterocycles. The molecule has 1 unspecified atom stereocenters. The van der Waals surface area contributed by atoms with Gasteiger partial charge in [0.25, 0.3) is 0 Å². The molecule has 1 heteroatoms. The first-order valence-corrected chi connectivity index (χ1v) is 5.33.